The number of nitrogens with zero attached hydrogens (tertiary/aromatic N) is 1. The van der Waals surface area contributed by atoms with E-state index in [0.29, 0.717) is 25.0 Å². The molecular weight excluding hydrogens is 238 g/mol. The molecule has 3 heteroatoms. The van der Waals surface area contributed by atoms with Crippen LogP contribution in [0.4, 0.5) is 0 Å². The van der Waals surface area contributed by atoms with Crippen LogP contribution in [0.25, 0.3) is 0 Å². The fourth-order valence-electron chi connectivity index (χ4n) is 3.72. The second-order valence-corrected chi connectivity index (χ2v) is 7.49. The molecule has 108 valence electrons. The molecule has 0 aromatic heterocycles. The Morgan fingerprint density at radius 1 is 1.26 bits per heavy atom. The molecule has 2 fully saturated rings. The molecule has 1 N–H and O–H groups in total. The minimum atomic E-state index is -0.640. The number of hydrogen-bond acceptors (Lipinski definition) is 3. The minimum absolute atomic E-state index is 0.278. The summed E-state index contributed by atoms with van der Waals surface area (Å²) in [5, 5.41) is 20.0. The number of nitriles is 1. The second-order valence-electron chi connectivity index (χ2n) is 7.49. The van der Waals surface area contributed by atoms with E-state index >= 15 is 0 Å². The molecule has 1 saturated carbocycles. The summed E-state index contributed by atoms with van der Waals surface area (Å²) in [6.07, 6.45) is 4.62. The highest BCUT2D eigenvalue weighted by atomic mass is 16.5. The van der Waals surface area contributed by atoms with Crippen LogP contribution in [-0.4, -0.2) is 24.4 Å². The highest BCUT2D eigenvalue weighted by molar-refractivity contribution is 5.08. The molecule has 1 aliphatic carbocycles. The van der Waals surface area contributed by atoms with Crippen molar-refractivity contribution in [3.8, 4) is 6.07 Å². The van der Waals surface area contributed by atoms with Gasteiger partial charge in [-0.2, -0.15) is 5.26 Å². The standard InChI is InChI=1S/C16H27NO2/c1-15(2,3)13-6-4-12(5-7-13)14(18)16(10-17)8-9-19-11-16/h12-14,18H,4-9,11H2,1-3H3. The maximum atomic E-state index is 10.6. The third-order valence-electron chi connectivity index (χ3n) is 5.28. The van der Waals surface area contributed by atoms with Crippen LogP contribution in [0.3, 0.4) is 0 Å². The highest BCUT2D eigenvalue weighted by Gasteiger charge is 2.46. The van der Waals surface area contributed by atoms with Crippen LogP contribution in [0.2, 0.25) is 0 Å². The molecule has 0 radical (unpaired) electrons. The Hall–Kier alpha value is -0.590. The summed E-state index contributed by atoms with van der Waals surface area (Å²) in [7, 11) is 0. The van der Waals surface area contributed by atoms with E-state index < -0.39 is 11.5 Å². The summed E-state index contributed by atoms with van der Waals surface area (Å²) in [5.74, 6) is 1.02. The van der Waals surface area contributed by atoms with Gasteiger partial charge in [-0.1, -0.05) is 20.8 Å². The average molecular weight is 265 g/mol. The largest absolute Gasteiger partial charge is 0.391 e. The Bertz CT molecular complexity index is 339. The van der Waals surface area contributed by atoms with Gasteiger partial charge in [0.2, 0.25) is 0 Å². The predicted octanol–water partition coefficient (Wildman–Crippen LogP) is 3.13. The number of ether oxygens (including phenoxy) is 1. The Kier molecular flexibility index (Phi) is 4.23. The van der Waals surface area contributed by atoms with Gasteiger partial charge in [-0.15, -0.1) is 0 Å². The molecule has 0 aromatic carbocycles. The van der Waals surface area contributed by atoms with Gasteiger partial charge in [-0.3, -0.25) is 0 Å². The smallest absolute Gasteiger partial charge is 0.109 e. The summed E-state index contributed by atoms with van der Waals surface area (Å²) in [5.41, 5.74) is -0.279. The second kappa shape index (κ2) is 5.42. The zero-order valence-corrected chi connectivity index (χ0v) is 12.5. The summed E-state index contributed by atoms with van der Waals surface area (Å²) in [4.78, 5) is 0. The van der Waals surface area contributed by atoms with Crippen molar-refractivity contribution in [2.75, 3.05) is 13.2 Å². The molecule has 2 unspecified atom stereocenters. The van der Waals surface area contributed by atoms with Gasteiger partial charge in [0.05, 0.1) is 18.8 Å². The van der Waals surface area contributed by atoms with Gasteiger partial charge in [0, 0.05) is 6.61 Å². The van der Waals surface area contributed by atoms with Crippen molar-refractivity contribution in [3.05, 3.63) is 0 Å². The van der Waals surface area contributed by atoms with Crippen molar-refractivity contribution in [2.45, 2.75) is 59.0 Å². The SMILES string of the molecule is CC(C)(C)C1CCC(C(O)C2(C#N)CCOC2)CC1. The van der Waals surface area contributed by atoms with E-state index in [1.165, 1.54) is 12.8 Å². The van der Waals surface area contributed by atoms with Gasteiger partial charge in [0.25, 0.3) is 0 Å². The molecule has 0 aromatic rings. The normalized spacial score (nSPS) is 37.8. The lowest BCUT2D eigenvalue weighted by Crippen LogP contribution is -2.42. The van der Waals surface area contributed by atoms with Crippen LogP contribution >= 0.6 is 0 Å². The topological polar surface area (TPSA) is 53.2 Å². The van der Waals surface area contributed by atoms with Crippen molar-refractivity contribution in [1.82, 2.24) is 0 Å². The first-order chi connectivity index (χ1) is 8.89. The van der Waals surface area contributed by atoms with Crippen LogP contribution in [0.15, 0.2) is 0 Å². The zero-order chi connectivity index (χ0) is 14.1. The first-order valence-electron chi connectivity index (χ1n) is 7.56. The van der Waals surface area contributed by atoms with Crippen LogP contribution in [0.5, 0.6) is 0 Å². The van der Waals surface area contributed by atoms with Crippen LogP contribution in [0, 0.1) is 34.0 Å². The first-order valence-corrected chi connectivity index (χ1v) is 7.56. The fraction of sp³-hybridized carbons (Fsp3) is 0.938. The van der Waals surface area contributed by atoms with Gasteiger partial charge in [-0.25, -0.2) is 0 Å². The van der Waals surface area contributed by atoms with E-state index in [9.17, 15) is 10.4 Å². The molecular formula is C16H27NO2. The van der Waals surface area contributed by atoms with E-state index in [0.717, 1.165) is 18.8 Å². The summed E-state index contributed by atoms with van der Waals surface area (Å²) in [6.45, 7) is 7.92. The fourth-order valence-corrected chi connectivity index (χ4v) is 3.72. The third kappa shape index (κ3) is 2.95. The maximum Gasteiger partial charge on any atom is 0.109 e. The van der Waals surface area contributed by atoms with E-state index in [-0.39, 0.29) is 5.92 Å². The van der Waals surface area contributed by atoms with E-state index in [4.69, 9.17) is 4.74 Å². The summed E-state index contributed by atoms with van der Waals surface area (Å²) < 4.78 is 5.36. The molecule has 0 bridgehead atoms. The maximum absolute atomic E-state index is 10.6. The van der Waals surface area contributed by atoms with Crippen molar-refractivity contribution in [2.24, 2.45) is 22.7 Å². The summed E-state index contributed by atoms with van der Waals surface area (Å²) >= 11 is 0. The van der Waals surface area contributed by atoms with Crippen LogP contribution in [0.1, 0.15) is 52.9 Å². The molecule has 0 spiro atoms. The molecule has 2 atom stereocenters. The van der Waals surface area contributed by atoms with Gasteiger partial charge < -0.3 is 9.84 Å². The Morgan fingerprint density at radius 3 is 2.32 bits per heavy atom. The van der Waals surface area contributed by atoms with Crippen molar-refractivity contribution in [3.63, 3.8) is 0 Å². The molecule has 2 aliphatic rings. The average Bonchev–Trinajstić information content (AvgIpc) is 2.87. The lowest BCUT2D eigenvalue weighted by atomic mass is 9.65. The van der Waals surface area contributed by atoms with Crippen molar-refractivity contribution < 1.29 is 9.84 Å². The van der Waals surface area contributed by atoms with Crippen molar-refractivity contribution >= 4 is 0 Å². The number of rotatable bonds is 2. The molecule has 1 saturated heterocycles. The first kappa shape index (κ1) is 14.8. The lowest BCUT2D eigenvalue weighted by molar-refractivity contribution is -0.0179. The third-order valence-corrected chi connectivity index (χ3v) is 5.28. The van der Waals surface area contributed by atoms with Crippen LogP contribution < -0.4 is 0 Å². The summed E-state index contributed by atoms with van der Waals surface area (Å²) in [6, 6.07) is 2.34. The molecule has 2 rings (SSSR count). The molecule has 0 amide bonds. The Labute approximate surface area is 117 Å². The number of hydrogen-bond donors (Lipinski definition) is 1. The van der Waals surface area contributed by atoms with Crippen molar-refractivity contribution in [1.29, 1.82) is 5.26 Å². The number of aliphatic hydroxyl groups excluding tert-OH is 1. The quantitative estimate of drug-likeness (QED) is 0.834. The van der Waals surface area contributed by atoms with Gasteiger partial charge in [-0.05, 0) is 49.4 Å². The Morgan fingerprint density at radius 2 is 1.89 bits per heavy atom. The lowest BCUT2D eigenvalue weighted by Gasteiger charge is -2.40. The van der Waals surface area contributed by atoms with E-state index in [2.05, 4.69) is 26.8 Å². The molecule has 1 heterocycles. The molecule has 1 aliphatic heterocycles. The zero-order valence-electron chi connectivity index (χ0n) is 12.5. The monoisotopic (exact) mass is 265 g/mol. The van der Waals surface area contributed by atoms with Gasteiger partial charge >= 0.3 is 0 Å². The van der Waals surface area contributed by atoms with Gasteiger partial charge in [0.15, 0.2) is 0 Å². The van der Waals surface area contributed by atoms with E-state index in [1.807, 2.05) is 0 Å². The van der Waals surface area contributed by atoms with Crippen LogP contribution in [-0.2, 0) is 4.74 Å². The van der Waals surface area contributed by atoms with E-state index in [1.54, 1.807) is 0 Å². The minimum Gasteiger partial charge on any atom is -0.391 e. The van der Waals surface area contributed by atoms with Gasteiger partial charge in [0.1, 0.15) is 5.41 Å². The molecule has 19 heavy (non-hydrogen) atoms. The number of aliphatic hydroxyl groups is 1. The highest BCUT2D eigenvalue weighted by Crippen LogP contribution is 2.45. The Balaban J connectivity index is 1.96. The molecule has 3 nitrogen and oxygen atoms in total. The predicted molar refractivity (Wildman–Crippen MR) is 74.4 cm³/mol.